The van der Waals surface area contributed by atoms with E-state index in [9.17, 15) is 24.9 Å². The smallest absolute Gasteiger partial charge is 0.306 e. The maximum absolute atomic E-state index is 13.5. The van der Waals surface area contributed by atoms with Gasteiger partial charge in [-0.1, -0.05) is 0 Å². The van der Waals surface area contributed by atoms with Gasteiger partial charge in [-0.05, 0) is 321 Å². The minimum absolute atomic E-state index is 0.0742. The summed E-state index contributed by atoms with van der Waals surface area (Å²) in [4.78, 5) is 27.0. The molecule has 0 saturated heterocycles. The van der Waals surface area contributed by atoms with E-state index in [0.29, 0.717) is 136 Å². The number of carbonyl (C=O) groups is 2. The van der Waals surface area contributed by atoms with Crippen LogP contribution in [0.5, 0.6) is 0 Å². The number of carbonyl (C=O) groups excluding carboxylic acids is 2. The van der Waals surface area contributed by atoms with Crippen LogP contribution in [0.3, 0.4) is 0 Å². The molecule has 0 saturated carbocycles. The zero-order valence-corrected chi connectivity index (χ0v) is 64.1. The van der Waals surface area contributed by atoms with E-state index in [1.165, 1.54) is 0 Å². The molecule has 17 heteroatoms. The van der Waals surface area contributed by atoms with Gasteiger partial charge in [-0.3, -0.25) is 20.2 Å². The molecule has 0 bridgehead atoms. The average molecular weight is 1310 g/mol. The lowest BCUT2D eigenvalue weighted by molar-refractivity contribution is -0.172. The van der Waals surface area contributed by atoms with Gasteiger partial charge in [0.2, 0.25) is 0 Å². The van der Waals surface area contributed by atoms with E-state index in [-0.39, 0.29) is 58.7 Å². The molecule has 0 fully saturated rings. The lowest BCUT2D eigenvalue weighted by Gasteiger charge is -2.40. The van der Waals surface area contributed by atoms with Crippen molar-refractivity contribution in [1.29, 1.82) is 0 Å². The Morgan fingerprint density at radius 3 is 0.978 bits per heavy atom. The molecular formula is C74H149N3O14. The minimum atomic E-state index is -1.02. The van der Waals surface area contributed by atoms with Gasteiger partial charge in [0.15, 0.2) is 6.29 Å². The van der Waals surface area contributed by atoms with Gasteiger partial charge in [-0.2, -0.15) is 0 Å². The lowest BCUT2D eigenvalue weighted by Crippen LogP contribution is -2.55. The van der Waals surface area contributed by atoms with Crippen molar-refractivity contribution in [2.75, 3.05) is 46.2 Å². The zero-order valence-electron chi connectivity index (χ0n) is 64.1. The van der Waals surface area contributed by atoms with Gasteiger partial charge < -0.3 is 63.3 Å². The molecule has 0 rings (SSSR count). The molecule has 0 radical (unpaired) electrons. The van der Waals surface area contributed by atoms with Gasteiger partial charge >= 0.3 is 11.9 Å². The second-order valence-corrected chi connectivity index (χ2v) is 35.4. The molecule has 5 atom stereocenters. The molecule has 6 N–H and O–H groups in total. The molecule has 91 heavy (non-hydrogen) atoms. The van der Waals surface area contributed by atoms with Gasteiger partial charge in [0.25, 0.3) is 0 Å². The van der Waals surface area contributed by atoms with Gasteiger partial charge in [0, 0.05) is 68.9 Å². The van der Waals surface area contributed by atoms with Crippen molar-refractivity contribution in [2.24, 2.45) is 5.92 Å². The molecule has 0 spiro atoms. The van der Waals surface area contributed by atoms with Crippen LogP contribution in [0.4, 0.5) is 0 Å². The van der Waals surface area contributed by atoms with Crippen molar-refractivity contribution in [3.63, 3.8) is 0 Å². The fourth-order valence-corrected chi connectivity index (χ4v) is 11.1. The van der Waals surface area contributed by atoms with E-state index < -0.39 is 57.8 Å². The van der Waals surface area contributed by atoms with Crippen molar-refractivity contribution in [3.05, 3.63) is 0 Å². The molecule has 0 aromatic carbocycles. The Labute approximate surface area is 559 Å². The van der Waals surface area contributed by atoms with E-state index >= 15 is 0 Å². The van der Waals surface area contributed by atoms with E-state index in [1.807, 2.05) is 145 Å². The van der Waals surface area contributed by atoms with Crippen LogP contribution in [0.25, 0.3) is 0 Å². The van der Waals surface area contributed by atoms with Gasteiger partial charge in [0.1, 0.15) is 23.7 Å². The molecule has 0 aromatic heterocycles. The quantitative estimate of drug-likeness (QED) is 0.0190. The maximum atomic E-state index is 13.5. The normalized spacial score (nSPS) is 16.0. The van der Waals surface area contributed by atoms with Crippen molar-refractivity contribution in [2.45, 2.75) is 414 Å². The summed E-state index contributed by atoms with van der Waals surface area (Å²) in [5.74, 6) is -0.426. The third kappa shape index (κ3) is 53.2. The SMILES string of the molecule is CC(C)(C)OCCCC(CCCOC(C)(C)C)(CCC(=O)OC(C)(C)C)NCCCC(CCC(O)NC(CCCOC(C)(C)C)(CCCOC(C)(C)C)CCC(=O)OC(C)(C)C)CCC(O)NC(CCCOC(C)(C)C)(CCC(O)OC(C)(C)C)COC(C)(C)C. The Balaban J connectivity index is 7.65. The number of hydrogen-bond acceptors (Lipinski definition) is 17. The first-order chi connectivity index (χ1) is 41.1. The number of ether oxygens (including phenoxy) is 9. The summed E-state index contributed by atoms with van der Waals surface area (Å²) in [6.45, 7) is 57.8. The molecule has 0 aliphatic rings. The standard InChI is InChI=1S/C74H149N3O14/c1-63(2,3)83-51-29-42-72(43-30-52-84-64(4,5)6,47-39-60(80)89-69(19,20)21)75-50-28-34-57(36-38-59(79)77-74(56-88-68(16,17)18,46-33-55-87-67(13,14)15)49-41-62(82)91-71(25,26)27)35-37-58(78)76-73(44-31-53-85-65(7,8)9,45-32-54-86-66(10,11)12)48-40-61(81)90-70(22,23)24/h57-59,62,75-79,82H,28-56H2,1-27H3. The number of aliphatic hydroxyl groups is 3. The second kappa shape index (κ2) is 40.3. The molecular weight excluding hydrogens is 1150 g/mol. The molecule has 0 amide bonds. The Morgan fingerprint density at radius 1 is 0.330 bits per heavy atom. The highest BCUT2D eigenvalue weighted by atomic mass is 16.6. The monoisotopic (exact) mass is 1300 g/mol. The number of esters is 2. The Morgan fingerprint density at radius 2 is 0.648 bits per heavy atom. The Hall–Kier alpha value is -1.58. The Kier molecular flexibility index (Phi) is 39.6. The molecule has 0 aliphatic heterocycles. The number of hydrogen-bond donors (Lipinski definition) is 6. The van der Waals surface area contributed by atoms with Crippen LogP contribution in [0.1, 0.15) is 328 Å². The first kappa shape index (κ1) is 89.4. The van der Waals surface area contributed by atoms with Crippen LogP contribution in [0, 0.1) is 5.92 Å². The van der Waals surface area contributed by atoms with Crippen LogP contribution in [0.15, 0.2) is 0 Å². The fraction of sp³-hybridized carbons (Fsp3) is 0.973. The summed E-state index contributed by atoms with van der Waals surface area (Å²) >= 11 is 0. The molecule has 0 aliphatic carbocycles. The fourth-order valence-electron chi connectivity index (χ4n) is 11.1. The summed E-state index contributed by atoms with van der Waals surface area (Å²) in [6, 6.07) is 0. The third-order valence-corrected chi connectivity index (χ3v) is 15.2. The summed E-state index contributed by atoms with van der Waals surface area (Å²) < 4.78 is 55.5. The van der Waals surface area contributed by atoms with Gasteiger partial charge in [-0.15, -0.1) is 0 Å². The third-order valence-electron chi connectivity index (χ3n) is 15.2. The van der Waals surface area contributed by atoms with Crippen molar-refractivity contribution >= 4 is 11.9 Å². The van der Waals surface area contributed by atoms with Crippen LogP contribution >= 0.6 is 0 Å². The predicted molar refractivity (Wildman–Crippen MR) is 372 cm³/mol. The highest BCUT2D eigenvalue weighted by Crippen LogP contribution is 2.33. The molecule has 544 valence electrons. The van der Waals surface area contributed by atoms with Crippen molar-refractivity contribution in [3.8, 4) is 0 Å². The van der Waals surface area contributed by atoms with Crippen LogP contribution in [-0.2, 0) is 52.2 Å². The molecule has 17 nitrogen and oxygen atoms in total. The number of rotatable bonds is 47. The number of nitrogens with one attached hydrogen (secondary N) is 3. The van der Waals surface area contributed by atoms with Gasteiger partial charge in [-0.25, -0.2) is 0 Å². The summed E-state index contributed by atoms with van der Waals surface area (Å²) in [7, 11) is 0. The minimum Gasteiger partial charge on any atom is -0.460 e. The largest absolute Gasteiger partial charge is 0.460 e. The summed E-state index contributed by atoms with van der Waals surface area (Å²) in [5, 5.41) is 47.5. The highest BCUT2D eigenvalue weighted by Gasteiger charge is 2.38. The highest BCUT2D eigenvalue weighted by molar-refractivity contribution is 5.70. The predicted octanol–water partition coefficient (Wildman–Crippen LogP) is 15.5. The Bertz CT molecular complexity index is 1880. The zero-order chi connectivity index (χ0) is 70.5. The van der Waals surface area contributed by atoms with E-state index in [1.54, 1.807) is 0 Å². The lowest BCUT2D eigenvalue weighted by atomic mass is 9.82. The maximum Gasteiger partial charge on any atom is 0.306 e. The molecule has 0 aromatic rings. The van der Waals surface area contributed by atoms with Crippen LogP contribution < -0.4 is 16.0 Å². The molecule has 5 unspecified atom stereocenters. The summed E-state index contributed by atoms with van der Waals surface area (Å²) in [5.41, 5.74) is -5.62. The number of aliphatic hydroxyl groups excluding tert-OH is 3. The first-order valence-corrected chi connectivity index (χ1v) is 35.4. The second-order valence-electron chi connectivity index (χ2n) is 35.4. The first-order valence-electron chi connectivity index (χ1n) is 35.4. The van der Waals surface area contributed by atoms with E-state index in [2.05, 4.69) is 57.5 Å². The topological polar surface area (TPSA) is 214 Å². The van der Waals surface area contributed by atoms with Gasteiger partial charge in [0.05, 0.1) is 45.8 Å². The van der Waals surface area contributed by atoms with E-state index in [4.69, 9.17) is 42.6 Å². The van der Waals surface area contributed by atoms with Crippen LogP contribution in [-0.4, -0.2) is 159 Å². The average Bonchev–Trinajstić information content (AvgIpc) is 1.09. The van der Waals surface area contributed by atoms with Crippen LogP contribution in [0.2, 0.25) is 0 Å². The molecule has 0 heterocycles. The summed E-state index contributed by atoms with van der Waals surface area (Å²) in [6.07, 6.45) is 10.4. The van der Waals surface area contributed by atoms with Crippen molar-refractivity contribution < 1.29 is 67.5 Å². The van der Waals surface area contributed by atoms with Crippen molar-refractivity contribution in [1.82, 2.24) is 16.0 Å². The van der Waals surface area contributed by atoms with E-state index in [0.717, 1.165) is 38.5 Å².